The molecule has 0 atom stereocenters. The van der Waals surface area contributed by atoms with Gasteiger partial charge in [-0.15, -0.1) is 11.3 Å². The number of nitro groups is 1. The van der Waals surface area contributed by atoms with Crippen LogP contribution in [0, 0.1) is 21.4 Å². The minimum atomic E-state index is -0.633. The Kier molecular flexibility index (Phi) is 5.48. The molecule has 140 valence electrons. The summed E-state index contributed by atoms with van der Waals surface area (Å²) in [7, 11) is 1.41. The molecule has 28 heavy (non-hydrogen) atoms. The van der Waals surface area contributed by atoms with Crippen LogP contribution in [0.25, 0.3) is 17.4 Å². The number of nitrogens with one attached hydrogen (secondary N) is 1. The van der Waals surface area contributed by atoms with Gasteiger partial charge in [-0.25, -0.2) is 4.98 Å². The first kappa shape index (κ1) is 18.8. The predicted octanol–water partition coefficient (Wildman–Crippen LogP) is 3.87. The molecule has 0 spiro atoms. The van der Waals surface area contributed by atoms with Crippen molar-refractivity contribution >= 4 is 34.1 Å². The van der Waals surface area contributed by atoms with Gasteiger partial charge in [-0.2, -0.15) is 5.26 Å². The van der Waals surface area contributed by atoms with Crippen LogP contribution >= 0.6 is 11.3 Å². The van der Waals surface area contributed by atoms with Crippen LogP contribution in [0.15, 0.2) is 51.9 Å². The van der Waals surface area contributed by atoms with E-state index in [1.165, 1.54) is 55.0 Å². The average Bonchev–Trinajstić information content (AvgIpc) is 3.37. The van der Waals surface area contributed by atoms with Crippen LogP contribution in [0.5, 0.6) is 5.75 Å². The number of methoxy groups -OCH3 is 1. The predicted molar refractivity (Wildman–Crippen MR) is 102 cm³/mol. The van der Waals surface area contributed by atoms with Crippen molar-refractivity contribution in [2.24, 2.45) is 0 Å². The number of rotatable bonds is 6. The summed E-state index contributed by atoms with van der Waals surface area (Å²) in [6, 6.07) is 9.19. The number of nitriles is 1. The molecule has 0 bridgehead atoms. The summed E-state index contributed by atoms with van der Waals surface area (Å²) in [5, 5.41) is 25.1. The molecule has 1 N–H and O–H groups in total. The van der Waals surface area contributed by atoms with E-state index in [4.69, 9.17) is 9.15 Å². The Morgan fingerprint density at radius 2 is 2.25 bits per heavy atom. The number of carbonyl (C=O) groups excluding carboxylic acids is 1. The molecule has 0 aliphatic carbocycles. The average molecular weight is 396 g/mol. The molecule has 3 rings (SSSR count). The van der Waals surface area contributed by atoms with Crippen LogP contribution in [0.2, 0.25) is 0 Å². The van der Waals surface area contributed by atoms with E-state index in [0.29, 0.717) is 10.9 Å². The Hall–Kier alpha value is -3.97. The number of benzene rings is 1. The Labute approximate surface area is 162 Å². The fraction of sp³-hybridized carbons (Fsp3) is 0.0556. The summed E-state index contributed by atoms with van der Waals surface area (Å²) in [5.41, 5.74) is -0.136. The lowest BCUT2D eigenvalue weighted by atomic mass is 10.1. The van der Waals surface area contributed by atoms with Crippen molar-refractivity contribution < 1.29 is 18.9 Å². The van der Waals surface area contributed by atoms with E-state index in [0.717, 1.165) is 0 Å². The van der Waals surface area contributed by atoms with Gasteiger partial charge in [0.05, 0.1) is 23.7 Å². The van der Waals surface area contributed by atoms with Gasteiger partial charge in [0.15, 0.2) is 5.13 Å². The Bertz CT molecular complexity index is 1100. The summed E-state index contributed by atoms with van der Waals surface area (Å²) in [6.45, 7) is 0. The molecule has 0 saturated heterocycles. The number of aromatic nitrogens is 1. The Morgan fingerprint density at radius 3 is 2.89 bits per heavy atom. The number of furan rings is 1. The summed E-state index contributed by atoms with van der Waals surface area (Å²) < 4.78 is 10.6. The van der Waals surface area contributed by atoms with Gasteiger partial charge in [0.1, 0.15) is 28.9 Å². The molecule has 1 aromatic carbocycles. The van der Waals surface area contributed by atoms with Gasteiger partial charge in [-0.05, 0) is 24.3 Å². The van der Waals surface area contributed by atoms with Crippen LogP contribution < -0.4 is 10.1 Å². The molecule has 0 aliphatic rings. The third-order valence-electron chi connectivity index (χ3n) is 3.60. The second-order valence-corrected chi connectivity index (χ2v) is 6.20. The summed E-state index contributed by atoms with van der Waals surface area (Å²) >= 11 is 1.22. The van der Waals surface area contributed by atoms with E-state index in [2.05, 4.69) is 10.3 Å². The van der Waals surface area contributed by atoms with Crippen LogP contribution in [-0.2, 0) is 4.79 Å². The maximum atomic E-state index is 12.2. The van der Waals surface area contributed by atoms with Crippen molar-refractivity contribution in [2.75, 3.05) is 12.4 Å². The summed E-state index contributed by atoms with van der Waals surface area (Å²) in [5.74, 6) is 0.128. The fourth-order valence-electron chi connectivity index (χ4n) is 2.31. The highest BCUT2D eigenvalue weighted by Crippen LogP contribution is 2.34. The number of anilines is 1. The maximum absolute atomic E-state index is 12.2. The van der Waals surface area contributed by atoms with Crippen molar-refractivity contribution in [3.63, 3.8) is 0 Å². The molecule has 3 aromatic rings. The number of hydrogen-bond acceptors (Lipinski definition) is 8. The number of nitrogens with zero attached hydrogens (tertiary/aromatic N) is 3. The van der Waals surface area contributed by atoms with Crippen molar-refractivity contribution in [3.8, 4) is 23.1 Å². The molecule has 0 unspecified atom stereocenters. The van der Waals surface area contributed by atoms with Crippen LogP contribution in [0.1, 0.15) is 5.76 Å². The number of ether oxygens (including phenoxy) is 1. The quantitative estimate of drug-likeness (QED) is 0.289. The number of hydrogen-bond donors (Lipinski definition) is 1. The first-order chi connectivity index (χ1) is 13.5. The molecular formula is C18H12N4O5S. The fourth-order valence-corrected chi connectivity index (χ4v) is 2.84. The standard InChI is InChI=1S/C18H12N4O5S/c1-26-12-2-4-14(15(9-12)22(24)25)16-5-3-13(27-16)8-11(10-19)17(23)21-18-20-6-7-28-18/h2-9H,1H3,(H,20,21,23)/b11-8-. The maximum Gasteiger partial charge on any atom is 0.284 e. The van der Waals surface area contributed by atoms with E-state index in [-0.39, 0.29) is 28.3 Å². The second kappa shape index (κ2) is 8.15. The van der Waals surface area contributed by atoms with Crippen LogP contribution in [0.4, 0.5) is 10.8 Å². The van der Waals surface area contributed by atoms with Crippen molar-refractivity contribution in [1.82, 2.24) is 4.98 Å². The van der Waals surface area contributed by atoms with E-state index >= 15 is 0 Å². The molecule has 0 fully saturated rings. The summed E-state index contributed by atoms with van der Waals surface area (Å²) in [4.78, 5) is 26.9. The molecule has 9 nitrogen and oxygen atoms in total. The molecule has 10 heteroatoms. The van der Waals surface area contributed by atoms with Crippen LogP contribution in [0.3, 0.4) is 0 Å². The van der Waals surface area contributed by atoms with E-state index in [1.807, 2.05) is 0 Å². The minimum absolute atomic E-state index is 0.189. The number of carbonyl (C=O) groups is 1. The summed E-state index contributed by atoms with van der Waals surface area (Å²) in [6.07, 6.45) is 2.78. The monoisotopic (exact) mass is 396 g/mol. The number of thiazole rings is 1. The molecule has 1 amide bonds. The van der Waals surface area contributed by atoms with Gasteiger partial charge in [0, 0.05) is 17.7 Å². The first-order valence-corrected chi connectivity index (χ1v) is 8.65. The normalized spacial score (nSPS) is 10.9. The molecular weight excluding hydrogens is 384 g/mol. The molecule has 0 radical (unpaired) electrons. The minimum Gasteiger partial charge on any atom is -0.497 e. The number of nitro benzene ring substituents is 1. The lowest BCUT2D eigenvalue weighted by Gasteiger charge is -2.03. The van der Waals surface area contributed by atoms with Gasteiger partial charge in [0.2, 0.25) is 0 Å². The van der Waals surface area contributed by atoms with Crippen molar-refractivity contribution in [3.05, 3.63) is 63.4 Å². The van der Waals surface area contributed by atoms with Gasteiger partial charge in [-0.1, -0.05) is 0 Å². The third-order valence-corrected chi connectivity index (χ3v) is 4.29. The largest absolute Gasteiger partial charge is 0.497 e. The Morgan fingerprint density at radius 1 is 1.43 bits per heavy atom. The third kappa shape index (κ3) is 4.05. The molecule has 0 saturated carbocycles. The second-order valence-electron chi connectivity index (χ2n) is 5.30. The van der Waals surface area contributed by atoms with E-state index in [1.54, 1.807) is 17.5 Å². The highest BCUT2D eigenvalue weighted by Gasteiger charge is 2.20. The number of amides is 1. The zero-order chi connectivity index (χ0) is 20.1. The van der Waals surface area contributed by atoms with Gasteiger partial charge in [0.25, 0.3) is 11.6 Å². The van der Waals surface area contributed by atoms with Gasteiger partial charge < -0.3 is 9.15 Å². The highest BCUT2D eigenvalue weighted by atomic mass is 32.1. The lowest BCUT2D eigenvalue weighted by Crippen LogP contribution is -2.13. The van der Waals surface area contributed by atoms with Gasteiger partial charge in [-0.3, -0.25) is 20.2 Å². The SMILES string of the molecule is COc1ccc(-c2ccc(/C=C(/C#N)C(=O)Nc3nccs3)o2)c([N+](=O)[O-])c1. The highest BCUT2D eigenvalue weighted by molar-refractivity contribution is 7.13. The Balaban J connectivity index is 1.89. The smallest absolute Gasteiger partial charge is 0.284 e. The van der Waals surface area contributed by atoms with Gasteiger partial charge >= 0.3 is 0 Å². The zero-order valence-electron chi connectivity index (χ0n) is 14.4. The molecule has 2 heterocycles. The van der Waals surface area contributed by atoms with E-state index < -0.39 is 10.8 Å². The lowest BCUT2D eigenvalue weighted by molar-refractivity contribution is -0.384. The molecule has 0 aliphatic heterocycles. The first-order valence-electron chi connectivity index (χ1n) is 7.77. The van der Waals surface area contributed by atoms with Crippen LogP contribution in [-0.4, -0.2) is 22.9 Å². The zero-order valence-corrected chi connectivity index (χ0v) is 15.2. The van der Waals surface area contributed by atoms with Crippen molar-refractivity contribution in [1.29, 1.82) is 5.26 Å². The molecule has 2 aromatic heterocycles. The van der Waals surface area contributed by atoms with E-state index in [9.17, 15) is 20.2 Å². The topological polar surface area (TPSA) is 131 Å². The van der Waals surface area contributed by atoms with Crippen molar-refractivity contribution in [2.45, 2.75) is 0 Å².